The van der Waals surface area contributed by atoms with Crippen LogP contribution in [0.5, 0.6) is 0 Å². The van der Waals surface area contributed by atoms with Crippen LogP contribution in [0, 0.1) is 0 Å². The summed E-state index contributed by atoms with van der Waals surface area (Å²) in [5.74, 6) is 0. The first-order valence-electron chi connectivity index (χ1n) is 3.46. The summed E-state index contributed by atoms with van der Waals surface area (Å²) < 4.78 is 0. The van der Waals surface area contributed by atoms with Crippen LogP contribution in [0.4, 0.5) is 9.59 Å². The Bertz CT molecular complexity index is 166. The minimum absolute atomic E-state index is 0.130. The number of likely N-dealkylation sites (N-methyl/N-ethyl adjacent to an activating group) is 2. The van der Waals surface area contributed by atoms with Gasteiger partial charge in [-0.05, 0) is 0 Å². The van der Waals surface area contributed by atoms with Crippen LogP contribution in [0.1, 0.15) is 0 Å². The van der Waals surface area contributed by atoms with Gasteiger partial charge in [-0.3, -0.25) is 0 Å². The van der Waals surface area contributed by atoms with Gasteiger partial charge in [0.1, 0.15) is 0 Å². The molecule has 70 valence electrons. The molecule has 6 heteroatoms. The number of rotatable bonds is 0. The van der Waals surface area contributed by atoms with Gasteiger partial charge in [0.15, 0.2) is 0 Å². The van der Waals surface area contributed by atoms with Crippen LogP contribution in [-0.4, -0.2) is 49.0 Å². The van der Waals surface area contributed by atoms with Crippen molar-refractivity contribution in [2.24, 2.45) is 11.5 Å². The van der Waals surface area contributed by atoms with E-state index in [2.05, 4.69) is 11.5 Å². The van der Waals surface area contributed by atoms with Crippen molar-refractivity contribution >= 4 is 12.1 Å². The van der Waals surface area contributed by atoms with Crippen LogP contribution >= 0.6 is 0 Å². The number of hydrogen-bond acceptors (Lipinski definition) is 2. The highest BCUT2D eigenvalue weighted by molar-refractivity contribution is 5.75. The van der Waals surface area contributed by atoms with Gasteiger partial charge in [0, 0.05) is 27.2 Å². The van der Waals surface area contributed by atoms with Gasteiger partial charge in [0.05, 0.1) is 0 Å². The Balaban J connectivity index is 0.000000261. The Labute approximate surface area is 71.1 Å². The van der Waals surface area contributed by atoms with Gasteiger partial charge in [0.25, 0.3) is 0 Å². The molecule has 0 aromatic heterocycles. The number of hydrogen-bond donors (Lipinski definition) is 2. The molecule has 0 aromatic carbocycles. The Morgan fingerprint density at radius 3 is 1.58 bits per heavy atom. The van der Waals surface area contributed by atoms with E-state index >= 15 is 0 Å². The second kappa shape index (κ2) is 4.42. The zero-order chi connectivity index (χ0) is 9.72. The van der Waals surface area contributed by atoms with Gasteiger partial charge in [-0.25, -0.2) is 9.59 Å². The van der Waals surface area contributed by atoms with Gasteiger partial charge < -0.3 is 21.3 Å². The summed E-state index contributed by atoms with van der Waals surface area (Å²) in [5.41, 5.74) is 8.50. The second-order valence-electron chi connectivity index (χ2n) is 2.53. The quantitative estimate of drug-likeness (QED) is 0.493. The molecule has 0 aromatic rings. The summed E-state index contributed by atoms with van der Waals surface area (Å²) >= 11 is 0. The van der Waals surface area contributed by atoms with Gasteiger partial charge in [-0.15, -0.1) is 0 Å². The van der Waals surface area contributed by atoms with E-state index in [-0.39, 0.29) is 6.03 Å². The molecule has 12 heavy (non-hydrogen) atoms. The van der Waals surface area contributed by atoms with Crippen LogP contribution in [0.15, 0.2) is 0 Å². The lowest BCUT2D eigenvalue weighted by Gasteiger charge is -2.07. The largest absolute Gasteiger partial charge is 0.352 e. The maximum Gasteiger partial charge on any atom is 0.319 e. The first-order valence-corrected chi connectivity index (χ1v) is 3.46. The number of nitrogens with two attached hydrogens (primary N) is 2. The van der Waals surface area contributed by atoms with E-state index in [1.807, 2.05) is 14.1 Å². The lowest BCUT2D eigenvalue weighted by atomic mass is 10.6. The van der Waals surface area contributed by atoms with Crippen molar-refractivity contribution in [3.63, 3.8) is 0 Å². The molecule has 0 saturated carbocycles. The number of carbonyl (C=O) groups is 2. The molecule has 1 aliphatic rings. The fraction of sp³-hybridized carbons (Fsp3) is 0.667. The third-order valence-corrected chi connectivity index (χ3v) is 1.42. The van der Waals surface area contributed by atoms with Gasteiger partial charge in [-0.1, -0.05) is 0 Å². The van der Waals surface area contributed by atoms with E-state index < -0.39 is 6.03 Å². The number of nitrogens with zero attached hydrogens (tertiary/aromatic N) is 2. The summed E-state index contributed by atoms with van der Waals surface area (Å²) in [7, 11) is 3.62. The summed E-state index contributed by atoms with van der Waals surface area (Å²) in [5, 5.41) is 0. The van der Waals surface area contributed by atoms with E-state index in [0.29, 0.717) is 0 Å². The molecular weight excluding hydrogens is 160 g/mol. The van der Waals surface area contributed by atoms with Crippen LogP contribution in [0.3, 0.4) is 0 Å². The zero-order valence-electron chi connectivity index (χ0n) is 7.28. The van der Waals surface area contributed by atoms with Crippen molar-refractivity contribution in [1.29, 1.82) is 0 Å². The van der Waals surface area contributed by atoms with Gasteiger partial charge >= 0.3 is 12.1 Å². The van der Waals surface area contributed by atoms with E-state index in [1.54, 1.807) is 9.80 Å². The van der Waals surface area contributed by atoms with Crippen LogP contribution in [-0.2, 0) is 0 Å². The molecule has 0 unspecified atom stereocenters. The topological polar surface area (TPSA) is 92.7 Å². The Morgan fingerprint density at radius 1 is 1.25 bits per heavy atom. The fourth-order valence-electron chi connectivity index (χ4n) is 0.783. The molecule has 6 nitrogen and oxygen atoms in total. The Morgan fingerprint density at radius 2 is 1.50 bits per heavy atom. The molecule has 0 radical (unpaired) electrons. The van der Waals surface area contributed by atoms with Crippen molar-refractivity contribution < 1.29 is 9.59 Å². The SMILES string of the molecule is CN1CCN(C)C1=O.NC(N)=O. The molecule has 1 aliphatic heterocycles. The predicted molar refractivity (Wildman–Crippen MR) is 44.4 cm³/mol. The molecular formula is C6H14N4O2. The van der Waals surface area contributed by atoms with E-state index in [9.17, 15) is 4.79 Å². The average molecular weight is 174 g/mol. The smallest absolute Gasteiger partial charge is 0.319 e. The third kappa shape index (κ3) is 3.65. The molecule has 4 amide bonds. The number of primary amides is 2. The average Bonchev–Trinajstić information content (AvgIpc) is 2.19. The predicted octanol–water partition coefficient (Wildman–Crippen LogP) is -0.993. The van der Waals surface area contributed by atoms with Gasteiger partial charge in [-0.2, -0.15) is 0 Å². The van der Waals surface area contributed by atoms with E-state index in [0.717, 1.165) is 13.1 Å². The van der Waals surface area contributed by atoms with E-state index in [4.69, 9.17) is 4.79 Å². The normalized spacial score (nSPS) is 15.7. The minimum atomic E-state index is -0.833. The second-order valence-corrected chi connectivity index (χ2v) is 2.53. The Kier molecular flexibility index (Phi) is 3.89. The standard InChI is InChI=1S/C5H10N2O.CH4N2O/c1-6-3-4-7(2)5(6)8;2-1(3)4/h3-4H2,1-2H3;(H4,2,3,4). The summed E-state index contributed by atoms with van der Waals surface area (Å²) in [6.45, 7) is 1.74. The Hall–Kier alpha value is -1.46. The van der Waals surface area contributed by atoms with Crippen LogP contribution in [0.2, 0.25) is 0 Å². The third-order valence-electron chi connectivity index (χ3n) is 1.42. The maximum absolute atomic E-state index is 10.8. The maximum atomic E-state index is 10.8. The van der Waals surface area contributed by atoms with Crippen molar-refractivity contribution in [1.82, 2.24) is 9.80 Å². The van der Waals surface area contributed by atoms with E-state index in [1.165, 1.54) is 0 Å². The number of carbonyl (C=O) groups excluding carboxylic acids is 2. The molecule has 1 heterocycles. The molecule has 1 saturated heterocycles. The van der Waals surface area contributed by atoms with Crippen molar-refractivity contribution in [3.8, 4) is 0 Å². The zero-order valence-corrected chi connectivity index (χ0v) is 7.28. The lowest BCUT2D eigenvalue weighted by molar-refractivity contribution is 0.205. The fourth-order valence-corrected chi connectivity index (χ4v) is 0.783. The van der Waals surface area contributed by atoms with Crippen molar-refractivity contribution in [2.45, 2.75) is 0 Å². The molecule has 4 N–H and O–H groups in total. The molecule has 1 rings (SSSR count). The summed E-state index contributed by atoms with van der Waals surface area (Å²) in [6.07, 6.45) is 0. The lowest BCUT2D eigenvalue weighted by Crippen LogP contribution is -2.25. The number of amides is 4. The first kappa shape index (κ1) is 10.5. The van der Waals surface area contributed by atoms with Crippen LogP contribution < -0.4 is 11.5 Å². The van der Waals surface area contributed by atoms with Crippen LogP contribution in [0.25, 0.3) is 0 Å². The molecule has 1 fully saturated rings. The highest BCUT2D eigenvalue weighted by Gasteiger charge is 2.20. The molecule has 0 spiro atoms. The number of urea groups is 2. The van der Waals surface area contributed by atoms with Crippen molar-refractivity contribution in [3.05, 3.63) is 0 Å². The molecule has 0 aliphatic carbocycles. The molecule has 0 bridgehead atoms. The van der Waals surface area contributed by atoms with Gasteiger partial charge in [0.2, 0.25) is 0 Å². The monoisotopic (exact) mass is 174 g/mol. The highest BCUT2D eigenvalue weighted by Crippen LogP contribution is 2.00. The van der Waals surface area contributed by atoms with Crippen molar-refractivity contribution in [2.75, 3.05) is 27.2 Å². The first-order chi connectivity index (χ1) is 5.45. The minimum Gasteiger partial charge on any atom is -0.352 e. The summed E-state index contributed by atoms with van der Waals surface area (Å²) in [6, 6.07) is -0.704. The molecule has 0 atom stereocenters. The summed E-state index contributed by atoms with van der Waals surface area (Å²) in [4.78, 5) is 23.2. The highest BCUT2D eigenvalue weighted by atomic mass is 16.2.